The van der Waals surface area contributed by atoms with Gasteiger partial charge >= 0.3 is 0 Å². The number of nitrogens with zero attached hydrogens (tertiary/aromatic N) is 4. The van der Waals surface area contributed by atoms with Gasteiger partial charge in [0.25, 0.3) is 0 Å². The number of aromatic nitrogens is 4. The highest BCUT2D eigenvalue weighted by Gasteiger charge is 2.15. The number of ketones is 1. The van der Waals surface area contributed by atoms with Gasteiger partial charge < -0.3 is 4.57 Å². The molecule has 0 atom stereocenters. The summed E-state index contributed by atoms with van der Waals surface area (Å²) in [5.41, 5.74) is 2.74. The number of carbonyl (C=O) groups excluding carboxylic acids is 1. The fraction of sp³-hybridized carbons (Fsp3) is 0.263. The quantitative estimate of drug-likeness (QED) is 0.360. The summed E-state index contributed by atoms with van der Waals surface area (Å²) in [4.78, 5) is 19.1. The summed E-state index contributed by atoms with van der Waals surface area (Å²) in [7, 11) is 0. The largest absolute Gasteiger partial charge is 0.324 e. The lowest BCUT2D eigenvalue weighted by Gasteiger charge is -2.02. The third-order valence-electron chi connectivity index (χ3n) is 4.29. The molecule has 0 spiro atoms. The number of rotatable bonds is 6. The Labute approximate surface area is 159 Å². The third kappa shape index (κ3) is 3.01. The molecule has 0 aliphatic heterocycles. The molecule has 4 aromatic rings. The van der Waals surface area contributed by atoms with Gasteiger partial charge in [-0.15, -0.1) is 21.5 Å². The number of hydrogen-bond acceptors (Lipinski definition) is 6. The molecule has 0 aliphatic rings. The van der Waals surface area contributed by atoms with E-state index < -0.39 is 0 Å². The van der Waals surface area contributed by atoms with Crippen molar-refractivity contribution in [3.05, 3.63) is 46.2 Å². The predicted molar refractivity (Wildman–Crippen MR) is 107 cm³/mol. The second kappa shape index (κ2) is 7.17. The van der Waals surface area contributed by atoms with Gasteiger partial charge in [-0.2, -0.15) is 0 Å². The molecule has 0 unspecified atom stereocenters. The zero-order valence-corrected chi connectivity index (χ0v) is 16.2. The van der Waals surface area contributed by atoms with Crippen LogP contribution in [0.15, 0.2) is 41.6 Å². The Morgan fingerprint density at radius 3 is 2.77 bits per heavy atom. The zero-order valence-electron chi connectivity index (χ0n) is 14.6. The van der Waals surface area contributed by atoms with E-state index in [0.717, 1.165) is 39.9 Å². The first-order valence-electron chi connectivity index (χ1n) is 8.57. The Kier molecular flexibility index (Phi) is 4.74. The second-order valence-corrected chi connectivity index (χ2v) is 7.97. The van der Waals surface area contributed by atoms with E-state index in [0.29, 0.717) is 10.9 Å². The van der Waals surface area contributed by atoms with Crippen LogP contribution in [0.3, 0.4) is 0 Å². The number of para-hydroxylation sites is 1. The van der Waals surface area contributed by atoms with Gasteiger partial charge in [-0.3, -0.25) is 4.79 Å². The van der Waals surface area contributed by atoms with Gasteiger partial charge in [0, 0.05) is 16.8 Å². The molecule has 0 aliphatic carbocycles. The Hall–Kier alpha value is -2.25. The number of Topliss-reactive ketones (excluding diaryl/α,β-unsaturated/α-hetero) is 1. The van der Waals surface area contributed by atoms with Crippen LogP contribution in [-0.2, 0) is 13.0 Å². The van der Waals surface area contributed by atoms with E-state index in [9.17, 15) is 4.79 Å². The van der Waals surface area contributed by atoms with Gasteiger partial charge in [0.15, 0.2) is 11.4 Å². The Morgan fingerprint density at radius 1 is 1.15 bits per heavy atom. The molecular weight excluding hydrogens is 364 g/mol. The summed E-state index contributed by atoms with van der Waals surface area (Å²) in [6.07, 6.45) is 0.955. The molecule has 0 bridgehead atoms. The van der Waals surface area contributed by atoms with Crippen LogP contribution in [0.2, 0.25) is 0 Å². The molecule has 0 radical (unpaired) electrons. The second-order valence-electron chi connectivity index (χ2n) is 5.86. The SMILES string of the molecule is CCc1ccc(C(=O)CSc2nnc3c4ccccc4n(CC)c3n2)s1. The lowest BCUT2D eigenvalue weighted by molar-refractivity contribution is 0.102. The lowest BCUT2D eigenvalue weighted by Crippen LogP contribution is -2.02. The lowest BCUT2D eigenvalue weighted by atomic mass is 10.2. The summed E-state index contributed by atoms with van der Waals surface area (Å²) in [5.74, 6) is 0.433. The fourth-order valence-corrected chi connectivity index (χ4v) is 4.63. The zero-order chi connectivity index (χ0) is 18.1. The summed E-state index contributed by atoms with van der Waals surface area (Å²) in [5, 5.41) is 10.2. The maximum atomic E-state index is 12.4. The molecule has 1 aromatic carbocycles. The molecule has 26 heavy (non-hydrogen) atoms. The van der Waals surface area contributed by atoms with Gasteiger partial charge in [-0.25, -0.2) is 4.98 Å². The minimum absolute atomic E-state index is 0.111. The first-order chi connectivity index (χ1) is 12.7. The van der Waals surface area contributed by atoms with E-state index in [2.05, 4.69) is 39.7 Å². The Morgan fingerprint density at radius 2 is 2.00 bits per heavy atom. The number of thioether (sulfide) groups is 1. The van der Waals surface area contributed by atoms with Gasteiger partial charge in [0.2, 0.25) is 5.16 Å². The summed E-state index contributed by atoms with van der Waals surface area (Å²) >= 11 is 2.91. The van der Waals surface area contributed by atoms with Crippen LogP contribution in [0, 0.1) is 0 Å². The van der Waals surface area contributed by atoms with Crippen LogP contribution >= 0.6 is 23.1 Å². The van der Waals surface area contributed by atoms with Crippen LogP contribution < -0.4 is 0 Å². The molecule has 5 nitrogen and oxygen atoms in total. The molecule has 0 N–H and O–H groups in total. The number of aryl methyl sites for hydroxylation is 2. The van der Waals surface area contributed by atoms with Crippen molar-refractivity contribution in [3.8, 4) is 0 Å². The number of benzene rings is 1. The average Bonchev–Trinajstić information content (AvgIpc) is 3.28. The van der Waals surface area contributed by atoms with Crippen molar-refractivity contribution in [1.29, 1.82) is 0 Å². The monoisotopic (exact) mass is 382 g/mol. The van der Waals surface area contributed by atoms with E-state index >= 15 is 0 Å². The van der Waals surface area contributed by atoms with Crippen molar-refractivity contribution < 1.29 is 4.79 Å². The number of carbonyl (C=O) groups is 1. The van der Waals surface area contributed by atoms with Gasteiger partial charge in [0.05, 0.1) is 16.1 Å². The molecule has 0 saturated carbocycles. The van der Waals surface area contributed by atoms with Crippen LogP contribution in [0.4, 0.5) is 0 Å². The molecule has 0 saturated heterocycles. The molecule has 3 heterocycles. The van der Waals surface area contributed by atoms with Crippen LogP contribution in [0.25, 0.3) is 22.1 Å². The van der Waals surface area contributed by atoms with Crippen molar-refractivity contribution in [1.82, 2.24) is 19.7 Å². The summed E-state index contributed by atoms with van der Waals surface area (Å²) in [6.45, 7) is 4.99. The van der Waals surface area contributed by atoms with Gasteiger partial charge in [-0.05, 0) is 31.5 Å². The average molecular weight is 383 g/mol. The number of fused-ring (bicyclic) bond motifs is 3. The number of hydrogen-bond donors (Lipinski definition) is 0. The number of thiophene rings is 1. The first kappa shape index (κ1) is 17.2. The van der Waals surface area contributed by atoms with E-state index in [1.54, 1.807) is 11.3 Å². The molecule has 4 rings (SSSR count). The van der Waals surface area contributed by atoms with E-state index in [-0.39, 0.29) is 5.78 Å². The molecular formula is C19H18N4OS2. The molecule has 3 aromatic heterocycles. The molecule has 132 valence electrons. The maximum Gasteiger partial charge on any atom is 0.211 e. The standard InChI is InChI=1S/C19H18N4OS2/c1-3-12-9-10-16(26-12)15(24)11-25-19-20-18-17(21-22-19)13-7-5-6-8-14(13)23(18)4-2/h5-10H,3-4,11H2,1-2H3. The summed E-state index contributed by atoms with van der Waals surface area (Å²) in [6, 6.07) is 12.0. The van der Waals surface area contributed by atoms with Crippen LogP contribution in [-0.4, -0.2) is 31.3 Å². The van der Waals surface area contributed by atoms with E-state index in [1.165, 1.54) is 16.6 Å². The Balaban J connectivity index is 1.61. The van der Waals surface area contributed by atoms with Crippen molar-refractivity contribution in [2.75, 3.05) is 5.75 Å². The molecule has 0 amide bonds. The highest BCUT2D eigenvalue weighted by molar-refractivity contribution is 7.99. The van der Waals surface area contributed by atoms with Crippen molar-refractivity contribution in [2.45, 2.75) is 32.0 Å². The smallest absolute Gasteiger partial charge is 0.211 e. The maximum absolute atomic E-state index is 12.4. The van der Waals surface area contributed by atoms with Crippen LogP contribution in [0.5, 0.6) is 0 Å². The van der Waals surface area contributed by atoms with E-state index in [4.69, 9.17) is 0 Å². The van der Waals surface area contributed by atoms with Gasteiger partial charge in [-0.1, -0.05) is 36.9 Å². The van der Waals surface area contributed by atoms with Crippen LogP contribution in [0.1, 0.15) is 28.4 Å². The van der Waals surface area contributed by atoms with Gasteiger partial charge in [0.1, 0.15) is 5.52 Å². The predicted octanol–water partition coefficient (Wildman–Crippen LogP) is 4.60. The molecule has 0 fully saturated rings. The first-order valence-corrected chi connectivity index (χ1v) is 10.4. The minimum Gasteiger partial charge on any atom is -0.324 e. The highest BCUT2D eigenvalue weighted by Crippen LogP contribution is 2.27. The summed E-state index contributed by atoms with van der Waals surface area (Å²) < 4.78 is 2.14. The van der Waals surface area contributed by atoms with Crippen molar-refractivity contribution in [3.63, 3.8) is 0 Å². The van der Waals surface area contributed by atoms with Crippen molar-refractivity contribution >= 4 is 50.9 Å². The minimum atomic E-state index is 0.111. The van der Waals surface area contributed by atoms with Crippen molar-refractivity contribution in [2.24, 2.45) is 0 Å². The molecule has 7 heteroatoms. The van der Waals surface area contributed by atoms with E-state index in [1.807, 2.05) is 30.3 Å². The normalized spacial score (nSPS) is 11.5. The highest BCUT2D eigenvalue weighted by atomic mass is 32.2. The Bertz CT molecular complexity index is 1100. The third-order valence-corrected chi connectivity index (χ3v) is 6.40. The fourth-order valence-electron chi connectivity index (χ4n) is 2.99. The topological polar surface area (TPSA) is 60.7 Å².